The van der Waals surface area contributed by atoms with E-state index in [1.807, 2.05) is 26.0 Å². The molecule has 6 nitrogen and oxygen atoms in total. The van der Waals surface area contributed by atoms with Gasteiger partial charge < -0.3 is 15.0 Å². The molecular formula is C23H25N3O3. The zero-order valence-electron chi connectivity index (χ0n) is 16.7. The Morgan fingerprint density at radius 2 is 2.00 bits per heavy atom. The van der Waals surface area contributed by atoms with Gasteiger partial charge in [0, 0.05) is 30.4 Å². The van der Waals surface area contributed by atoms with E-state index in [0.29, 0.717) is 30.0 Å². The third-order valence-corrected chi connectivity index (χ3v) is 4.92. The first-order valence-electron chi connectivity index (χ1n) is 9.80. The second-order valence-electron chi connectivity index (χ2n) is 7.41. The molecule has 1 unspecified atom stereocenters. The maximum Gasteiger partial charge on any atom is 0.254 e. The lowest BCUT2D eigenvalue weighted by molar-refractivity contribution is -0.124. The molecule has 1 saturated heterocycles. The number of anilines is 1. The number of ether oxygens (including phenoxy) is 1. The molecule has 29 heavy (non-hydrogen) atoms. The maximum absolute atomic E-state index is 13.1. The third kappa shape index (κ3) is 5.21. The van der Waals surface area contributed by atoms with Gasteiger partial charge in [0.1, 0.15) is 6.10 Å². The Morgan fingerprint density at radius 1 is 1.24 bits per heavy atom. The molecule has 2 aromatic carbocycles. The second-order valence-corrected chi connectivity index (χ2v) is 7.41. The van der Waals surface area contributed by atoms with Crippen molar-refractivity contribution in [1.29, 1.82) is 5.26 Å². The molecule has 0 radical (unpaired) electrons. The van der Waals surface area contributed by atoms with Crippen molar-refractivity contribution in [1.82, 2.24) is 4.90 Å². The number of amides is 2. The van der Waals surface area contributed by atoms with E-state index in [1.54, 1.807) is 41.3 Å². The van der Waals surface area contributed by atoms with E-state index in [0.717, 1.165) is 18.4 Å². The monoisotopic (exact) mass is 391 g/mol. The van der Waals surface area contributed by atoms with Crippen LogP contribution in [0, 0.1) is 11.3 Å². The normalized spacial score (nSPS) is 15.7. The van der Waals surface area contributed by atoms with Crippen molar-refractivity contribution >= 4 is 17.5 Å². The van der Waals surface area contributed by atoms with Crippen molar-refractivity contribution in [3.63, 3.8) is 0 Å². The first-order valence-corrected chi connectivity index (χ1v) is 9.80. The van der Waals surface area contributed by atoms with Gasteiger partial charge in [0.2, 0.25) is 0 Å². The van der Waals surface area contributed by atoms with Gasteiger partial charge in [0.05, 0.1) is 11.6 Å². The Morgan fingerprint density at radius 3 is 2.62 bits per heavy atom. The molecule has 0 aromatic heterocycles. The first kappa shape index (κ1) is 20.6. The minimum Gasteiger partial charge on any atom is -0.368 e. The van der Waals surface area contributed by atoms with Gasteiger partial charge in [0.25, 0.3) is 11.8 Å². The summed E-state index contributed by atoms with van der Waals surface area (Å²) in [4.78, 5) is 27.2. The number of benzene rings is 2. The quantitative estimate of drug-likeness (QED) is 0.813. The molecule has 6 heteroatoms. The van der Waals surface area contributed by atoms with Crippen molar-refractivity contribution in [2.75, 3.05) is 11.9 Å². The molecule has 0 bridgehead atoms. The Labute approximate surface area is 171 Å². The van der Waals surface area contributed by atoms with Gasteiger partial charge in [-0.15, -0.1) is 0 Å². The number of nitrogens with one attached hydrogen (secondary N) is 1. The van der Waals surface area contributed by atoms with Crippen molar-refractivity contribution in [2.45, 2.75) is 45.4 Å². The zero-order valence-corrected chi connectivity index (χ0v) is 16.7. The molecule has 1 aliphatic heterocycles. The molecule has 1 aliphatic rings. The van der Waals surface area contributed by atoms with Crippen LogP contribution in [0.5, 0.6) is 0 Å². The largest absolute Gasteiger partial charge is 0.368 e. The summed E-state index contributed by atoms with van der Waals surface area (Å²) in [7, 11) is 0. The van der Waals surface area contributed by atoms with Crippen LogP contribution in [0.4, 0.5) is 5.69 Å². The van der Waals surface area contributed by atoms with Crippen molar-refractivity contribution in [3.8, 4) is 6.07 Å². The van der Waals surface area contributed by atoms with E-state index in [2.05, 4.69) is 11.4 Å². The summed E-state index contributed by atoms with van der Waals surface area (Å²) in [5, 5.41) is 11.8. The Kier molecular flexibility index (Phi) is 6.63. The molecule has 0 aliphatic carbocycles. The van der Waals surface area contributed by atoms with Gasteiger partial charge in [-0.25, -0.2) is 0 Å². The molecule has 1 N–H and O–H groups in total. The van der Waals surface area contributed by atoms with Gasteiger partial charge in [-0.05, 0) is 62.6 Å². The fraction of sp³-hybridized carbons (Fsp3) is 0.348. The number of rotatable bonds is 6. The highest BCUT2D eigenvalue weighted by Crippen LogP contribution is 2.19. The molecule has 1 heterocycles. The number of carbonyl (C=O) groups excluding carboxylic acids is 2. The van der Waals surface area contributed by atoms with E-state index < -0.39 is 6.10 Å². The van der Waals surface area contributed by atoms with Crippen LogP contribution in [-0.4, -0.2) is 35.5 Å². The van der Waals surface area contributed by atoms with Crippen molar-refractivity contribution < 1.29 is 14.3 Å². The van der Waals surface area contributed by atoms with Crippen LogP contribution >= 0.6 is 0 Å². The Balaban J connectivity index is 1.73. The van der Waals surface area contributed by atoms with Crippen LogP contribution in [0.25, 0.3) is 0 Å². The van der Waals surface area contributed by atoms with Crippen molar-refractivity contribution in [2.24, 2.45) is 0 Å². The van der Waals surface area contributed by atoms with Gasteiger partial charge in [-0.1, -0.05) is 18.2 Å². The zero-order chi connectivity index (χ0) is 20.8. The van der Waals surface area contributed by atoms with Crippen LogP contribution in [0.3, 0.4) is 0 Å². The number of carbonyl (C=O) groups is 2. The van der Waals surface area contributed by atoms with Gasteiger partial charge >= 0.3 is 0 Å². The summed E-state index contributed by atoms with van der Waals surface area (Å²) >= 11 is 0. The molecule has 1 atom stereocenters. The highest BCUT2D eigenvalue weighted by Gasteiger charge is 2.24. The fourth-order valence-corrected chi connectivity index (χ4v) is 3.27. The lowest BCUT2D eigenvalue weighted by Crippen LogP contribution is -2.36. The maximum atomic E-state index is 13.1. The predicted octanol–water partition coefficient (Wildman–Crippen LogP) is 3.73. The fourth-order valence-electron chi connectivity index (χ4n) is 3.27. The molecule has 0 spiro atoms. The highest BCUT2D eigenvalue weighted by molar-refractivity contribution is 5.98. The van der Waals surface area contributed by atoms with Crippen LogP contribution in [0.15, 0.2) is 48.5 Å². The Bertz CT molecular complexity index is 910. The summed E-state index contributed by atoms with van der Waals surface area (Å²) in [5.74, 6) is -0.289. The number of nitriles is 1. The SMILES string of the molecule is CC(C)N(Cc1ccc(C#N)cc1)C(=O)c1cccc(NC(=O)C2CCCO2)c1. The van der Waals surface area contributed by atoms with Crippen LogP contribution in [-0.2, 0) is 16.1 Å². The molecule has 2 aromatic rings. The number of nitrogens with zero attached hydrogens (tertiary/aromatic N) is 2. The number of hydrogen-bond acceptors (Lipinski definition) is 4. The van der Waals surface area contributed by atoms with E-state index >= 15 is 0 Å². The second kappa shape index (κ2) is 9.35. The highest BCUT2D eigenvalue weighted by atomic mass is 16.5. The van der Waals surface area contributed by atoms with Crippen molar-refractivity contribution in [3.05, 3.63) is 65.2 Å². The summed E-state index contributed by atoms with van der Waals surface area (Å²) in [5.41, 5.74) is 2.63. The lowest BCUT2D eigenvalue weighted by Gasteiger charge is -2.27. The number of hydrogen-bond donors (Lipinski definition) is 1. The van der Waals surface area contributed by atoms with E-state index in [-0.39, 0.29) is 17.9 Å². The topological polar surface area (TPSA) is 82.4 Å². The molecule has 2 amide bonds. The first-order chi connectivity index (χ1) is 14.0. The van der Waals surface area contributed by atoms with Gasteiger partial charge in [-0.3, -0.25) is 9.59 Å². The third-order valence-electron chi connectivity index (χ3n) is 4.92. The minimum absolute atomic E-state index is 0.0109. The van der Waals surface area contributed by atoms with E-state index in [1.165, 1.54) is 0 Å². The van der Waals surface area contributed by atoms with Gasteiger partial charge in [0.15, 0.2) is 0 Å². The van der Waals surface area contributed by atoms with E-state index in [9.17, 15) is 9.59 Å². The van der Waals surface area contributed by atoms with Crippen LogP contribution in [0.1, 0.15) is 48.2 Å². The minimum atomic E-state index is -0.419. The molecule has 1 fully saturated rings. The molecule has 0 saturated carbocycles. The molecule has 150 valence electrons. The lowest BCUT2D eigenvalue weighted by atomic mass is 10.1. The van der Waals surface area contributed by atoms with Gasteiger partial charge in [-0.2, -0.15) is 5.26 Å². The average Bonchev–Trinajstić information content (AvgIpc) is 3.27. The molecule has 3 rings (SSSR count). The standard InChI is InChI=1S/C23H25N3O3/c1-16(2)26(15-18-10-8-17(14-24)9-11-18)23(28)19-5-3-6-20(13-19)25-22(27)21-7-4-12-29-21/h3,5-6,8-11,13,16,21H,4,7,12,15H2,1-2H3,(H,25,27). The van der Waals surface area contributed by atoms with E-state index in [4.69, 9.17) is 10.00 Å². The summed E-state index contributed by atoms with van der Waals surface area (Å²) in [6, 6.07) is 16.3. The van der Waals surface area contributed by atoms with Crippen LogP contribution < -0.4 is 5.32 Å². The molecular weight excluding hydrogens is 366 g/mol. The predicted molar refractivity (Wildman–Crippen MR) is 110 cm³/mol. The average molecular weight is 391 g/mol. The smallest absolute Gasteiger partial charge is 0.254 e. The Hall–Kier alpha value is -3.17. The summed E-state index contributed by atoms with van der Waals surface area (Å²) < 4.78 is 5.41. The summed E-state index contributed by atoms with van der Waals surface area (Å²) in [6.07, 6.45) is 1.18. The summed E-state index contributed by atoms with van der Waals surface area (Å²) in [6.45, 7) is 4.97. The van der Waals surface area contributed by atoms with Crippen LogP contribution in [0.2, 0.25) is 0 Å².